The quantitative estimate of drug-likeness (QED) is 0.822. The molecule has 0 amide bonds. The molecule has 1 heterocycles. The van der Waals surface area contributed by atoms with Gasteiger partial charge in [0.25, 0.3) is 0 Å². The SMILES string of the molecule is CCOC1CCN(C(C(C)N)C(C)(C)C)CC1. The number of nitrogens with zero attached hydrogens (tertiary/aromatic N) is 1. The molecule has 1 aliphatic heterocycles. The third-order valence-corrected chi connectivity index (χ3v) is 3.66. The van der Waals surface area contributed by atoms with E-state index in [0.717, 1.165) is 32.5 Å². The van der Waals surface area contributed by atoms with Gasteiger partial charge in [0.2, 0.25) is 0 Å². The predicted octanol–water partition coefficient (Wildman–Crippen LogP) is 2.25. The topological polar surface area (TPSA) is 38.5 Å². The van der Waals surface area contributed by atoms with E-state index < -0.39 is 0 Å². The van der Waals surface area contributed by atoms with Gasteiger partial charge in [-0.1, -0.05) is 20.8 Å². The molecule has 1 rings (SSSR count). The first-order valence-corrected chi connectivity index (χ1v) is 6.97. The monoisotopic (exact) mass is 242 g/mol. The number of nitrogens with two attached hydrogens (primary N) is 1. The Morgan fingerprint density at radius 3 is 2.18 bits per heavy atom. The van der Waals surface area contributed by atoms with Gasteiger partial charge >= 0.3 is 0 Å². The molecule has 0 aromatic heterocycles. The van der Waals surface area contributed by atoms with Crippen LogP contribution in [0.1, 0.15) is 47.5 Å². The molecule has 1 aliphatic rings. The van der Waals surface area contributed by atoms with Gasteiger partial charge in [-0.3, -0.25) is 4.90 Å². The summed E-state index contributed by atoms with van der Waals surface area (Å²) < 4.78 is 5.70. The molecule has 2 atom stereocenters. The van der Waals surface area contributed by atoms with E-state index in [1.165, 1.54) is 0 Å². The maximum absolute atomic E-state index is 6.17. The fourth-order valence-electron chi connectivity index (χ4n) is 3.23. The number of hydrogen-bond donors (Lipinski definition) is 1. The van der Waals surface area contributed by atoms with E-state index in [9.17, 15) is 0 Å². The van der Waals surface area contributed by atoms with Gasteiger partial charge in [0.05, 0.1) is 6.10 Å². The standard InChI is InChI=1S/C14H30N2O/c1-6-17-12-7-9-16(10-8-12)13(11(2)15)14(3,4)5/h11-13H,6-10,15H2,1-5H3. The van der Waals surface area contributed by atoms with Gasteiger partial charge < -0.3 is 10.5 Å². The molecular formula is C14H30N2O. The van der Waals surface area contributed by atoms with Crippen LogP contribution >= 0.6 is 0 Å². The minimum absolute atomic E-state index is 0.221. The number of ether oxygens (including phenoxy) is 1. The zero-order valence-corrected chi connectivity index (χ0v) is 12.2. The highest BCUT2D eigenvalue weighted by molar-refractivity contribution is 4.91. The summed E-state index contributed by atoms with van der Waals surface area (Å²) in [6.45, 7) is 14.1. The molecule has 0 aliphatic carbocycles. The second-order valence-electron chi connectivity index (χ2n) is 6.36. The van der Waals surface area contributed by atoms with Gasteiger partial charge in [-0.25, -0.2) is 0 Å². The van der Waals surface area contributed by atoms with Crippen LogP contribution in [0.2, 0.25) is 0 Å². The van der Waals surface area contributed by atoms with Crippen LogP contribution in [0.3, 0.4) is 0 Å². The van der Waals surface area contributed by atoms with Crippen LogP contribution in [0.15, 0.2) is 0 Å². The first kappa shape index (κ1) is 14.9. The fraction of sp³-hybridized carbons (Fsp3) is 1.00. The second kappa shape index (κ2) is 6.17. The summed E-state index contributed by atoms with van der Waals surface area (Å²) in [6, 6.07) is 0.684. The van der Waals surface area contributed by atoms with Crippen molar-refractivity contribution in [1.29, 1.82) is 0 Å². The average molecular weight is 242 g/mol. The maximum atomic E-state index is 6.17. The summed E-state index contributed by atoms with van der Waals surface area (Å²) >= 11 is 0. The lowest BCUT2D eigenvalue weighted by atomic mass is 9.81. The van der Waals surface area contributed by atoms with E-state index in [4.69, 9.17) is 10.5 Å². The van der Waals surface area contributed by atoms with Crippen molar-refractivity contribution in [3.8, 4) is 0 Å². The van der Waals surface area contributed by atoms with E-state index in [2.05, 4.69) is 39.5 Å². The van der Waals surface area contributed by atoms with Gasteiger partial charge in [0.1, 0.15) is 0 Å². The summed E-state index contributed by atoms with van der Waals surface area (Å²) in [5.41, 5.74) is 6.42. The summed E-state index contributed by atoms with van der Waals surface area (Å²) in [7, 11) is 0. The van der Waals surface area contributed by atoms with Crippen molar-refractivity contribution in [3.05, 3.63) is 0 Å². The average Bonchev–Trinajstić information content (AvgIpc) is 2.18. The van der Waals surface area contributed by atoms with Gasteiger partial charge in [0, 0.05) is 31.8 Å². The van der Waals surface area contributed by atoms with Gasteiger partial charge in [-0.05, 0) is 32.1 Å². The van der Waals surface area contributed by atoms with Crippen LogP contribution in [-0.4, -0.2) is 42.8 Å². The van der Waals surface area contributed by atoms with Crippen LogP contribution in [0, 0.1) is 5.41 Å². The lowest BCUT2D eigenvalue weighted by Crippen LogP contribution is -2.56. The molecule has 102 valence electrons. The highest BCUT2D eigenvalue weighted by Gasteiger charge is 2.35. The Labute approximate surface area is 107 Å². The van der Waals surface area contributed by atoms with Crippen molar-refractivity contribution in [1.82, 2.24) is 4.90 Å². The molecule has 17 heavy (non-hydrogen) atoms. The number of hydrogen-bond acceptors (Lipinski definition) is 3. The molecule has 0 bridgehead atoms. The molecule has 1 saturated heterocycles. The number of likely N-dealkylation sites (tertiary alicyclic amines) is 1. The van der Waals surface area contributed by atoms with Crippen LogP contribution in [-0.2, 0) is 4.74 Å². The van der Waals surface area contributed by atoms with Crippen LogP contribution < -0.4 is 5.73 Å². The maximum Gasteiger partial charge on any atom is 0.0599 e. The third-order valence-electron chi connectivity index (χ3n) is 3.66. The minimum Gasteiger partial charge on any atom is -0.378 e. The Morgan fingerprint density at radius 1 is 1.29 bits per heavy atom. The molecule has 0 radical (unpaired) electrons. The first-order chi connectivity index (χ1) is 7.86. The van der Waals surface area contributed by atoms with E-state index in [0.29, 0.717) is 12.1 Å². The van der Waals surface area contributed by atoms with E-state index in [1.54, 1.807) is 0 Å². The molecule has 0 aromatic carbocycles. The Morgan fingerprint density at radius 2 is 1.82 bits per heavy atom. The Balaban J connectivity index is 2.56. The lowest BCUT2D eigenvalue weighted by molar-refractivity contribution is -0.0163. The summed E-state index contributed by atoms with van der Waals surface area (Å²) in [6.07, 6.45) is 2.75. The first-order valence-electron chi connectivity index (χ1n) is 6.97. The van der Waals surface area contributed by atoms with Crippen molar-refractivity contribution in [2.45, 2.75) is 65.6 Å². The van der Waals surface area contributed by atoms with E-state index >= 15 is 0 Å². The summed E-state index contributed by atoms with van der Waals surface area (Å²) in [5, 5.41) is 0. The summed E-state index contributed by atoms with van der Waals surface area (Å²) in [4.78, 5) is 2.56. The number of piperidine rings is 1. The molecule has 2 N–H and O–H groups in total. The molecule has 1 fully saturated rings. The Hall–Kier alpha value is -0.120. The van der Waals surface area contributed by atoms with Crippen LogP contribution in [0.25, 0.3) is 0 Å². The molecule has 0 aromatic rings. The van der Waals surface area contributed by atoms with Gasteiger partial charge in [0.15, 0.2) is 0 Å². The zero-order chi connectivity index (χ0) is 13.1. The normalized spacial score (nSPS) is 23.6. The minimum atomic E-state index is 0.221. The van der Waals surface area contributed by atoms with Crippen molar-refractivity contribution in [3.63, 3.8) is 0 Å². The van der Waals surface area contributed by atoms with Crippen molar-refractivity contribution >= 4 is 0 Å². The van der Waals surface area contributed by atoms with E-state index in [1.807, 2.05) is 0 Å². The molecule has 0 spiro atoms. The smallest absolute Gasteiger partial charge is 0.0599 e. The van der Waals surface area contributed by atoms with Crippen LogP contribution in [0.5, 0.6) is 0 Å². The zero-order valence-electron chi connectivity index (χ0n) is 12.2. The van der Waals surface area contributed by atoms with E-state index in [-0.39, 0.29) is 11.5 Å². The molecule has 3 heteroatoms. The second-order valence-corrected chi connectivity index (χ2v) is 6.36. The fourth-order valence-corrected chi connectivity index (χ4v) is 3.23. The van der Waals surface area contributed by atoms with Crippen molar-refractivity contribution < 1.29 is 4.74 Å². The van der Waals surface area contributed by atoms with Crippen molar-refractivity contribution in [2.24, 2.45) is 11.1 Å². The Kier molecular flexibility index (Phi) is 5.42. The molecule has 0 saturated carbocycles. The summed E-state index contributed by atoms with van der Waals surface area (Å²) in [5.74, 6) is 0. The molecule has 2 unspecified atom stereocenters. The largest absolute Gasteiger partial charge is 0.378 e. The number of rotatable bonds is 4. The third kappa shape index (κ3) is 4.23. The van der Waals surface area contributed by atoms with Gasteiger partial charge in [-0.15, -0.1) is 0 Å². The highest BCUT2D eigenvalue weighted by Crippen LogP contribution is 2.29. The predicted molar refractivity (Wildman–Crippen MR) is 73.1 cm³/mol. The molecule has 3 nitrogen and oxygen atoms in total. The molecular weight excluding hydrogens is 212 g/mol. The highest BCUT2D eigenvalue weighted by atomic mass is 16.5. The lowest BCUT2D eigenvalue weighted by Gasteiger charge is -2.45. The Bertz CT molecular complexity index is 215. The van der Waals surface area contributed by atoms with Crippen LogP contribution in [0.4, 0.5) is 0 Å². The van der Waals surface area contributed by atoms with Crippen molar-refractivity contribution in [2.75, 3.05) is 19.7 Å². The van der Waals surface area contributed by atoms with Gasteiger partial charge in [-0.2, -0.15) is 0 Å².